The molecule has 0 spiro atoms. The molecule has 2 aromatic carbocycles. The van der Waals surface area contributed by atoms with E-state index in [1.165, 1.54) is 10.4 Å². The number of carbonyl (C=O) groups excluding carboxylic acids is 1. The topological polar surface area (TPSA) is 108 Å². The summed E-state index contributed by atoms with van der Waals surface area (Å²) in [4.78, 5) is 12.5. The van der Waals surface area contributed by atoms with Crippen molar-refractivity contribution < 1.29 is 13.2 Å². The molecule has 0 unspecified atom stereocenters. The molecule has 4 rings (SSSR count). The number of nitriles is 1. The summed E-state index contributed by atoms with van der Waals surface area (Å²) < 4.78 is 29.7. The Morgan fingerprint density at radius 3 is 2.54 bits per heavy atom. The molecule has 1 aliphatic heterocycles. The molecule has 0 aliphatic carbocycles. The summed E-state index contributed by atoms with van der Waals surface area (Å²) in [5, 5.41) is 16.9. The number of amides is 1. The van der Waals surface area contributed by atoms with E-state index in [0.29, 0.717) is 36.5 Å². The number of rotatable bonds is 7. The molecule has 1 saturated heterocycles. The predicted octanol–water partition coefficient (Wildman–Crippen LogP) is 3.76. The predicted molar refractivity (Wildman–Crippen MR) is 134 cm³/mol. The lowest BCUT2D eigenvalue weighted by Crippen LogP contribution is -2.35. The van der Waals surface area contributed by atoms with Crippen LogP contribution in [0.4, 0.5) is 0 Å². The first-order chi connectivity index (χ1) is 16.9. The van der Waals surface area contributed by atoms with Gasteiger partial charge in [-0.3, -0.25) is 4.79 Å². The summed E-state index contributed by atoms with van der Waals surface area (Å²) in [5.41, 5.74) is 2.32. The van der Waals surface area contributed by atoms with Gasteiger partial charge < -0.3 is 5.32 Å². The van der Waals surface area contributed by atoms with Crippen LogP contribution in [0.3, 0.4) is 0 Å². The van der Waals surface area contributed by atoms with Gasteiger partial charge in [-0.25, -0.2) is 13.1 Å². The lowest BCUT2D eigenvalue weighted by molar-refractivity contribution is -0.116. The van der Waals surface area contributed by atoms with Crippen LogP contribution >= 0.6 is 0 Å². The van der Waals surface area contributed by atoms with E-state index in [9.17, 15) is 18.5 Å². The first-order valence-electron chi connectivity index (χ1n) is 11.6. The lowest BCUT2D eigenvalue weighted by atomic mass is 10.1. The zero-order valence-corrected chi connectivity index (χ0v) is 20.3. The van der Waals surface area contributed by atoms with Crippen molar-refractivity contribution in [1.29, 1.82) is 5.26 Å². The highest BCUT2D eigenvalue weighted by molar-refractivity contribution is 7.89. The molecule has 0 bridgehead atoms. The average molecular weight is 490 g/mol. The normalized spacial score (nSPS) is 14.9. The smallest absolute Gasteiger partial charge is 0.261 e. The number of nitrogens with zero attached hydrogens (tertiary/aromatic N) is 4. The van der Waals surface area contributed by atoms with Crippen LogP contribution in [-0.4, -0.2) is 48.0 Å². The summed E-state index contributed by atoms with van der Waals surface area (Å²) in [6.45, 7) is 3.20. The van der Waals surface area contributed by atoms with Gasteiger partial charge in [0.25, 0.3) is 5.91 Å². The minimum atomic E-state index is -3.63. The van der Waals surface area contributed by atoms with Crippen LogP contribution in [-0.2, 0) is 14.8 Å². The zero-order valence-electron chi connectivity index (χ0n) is 19.5. The fourth-order valence-corrected chi connectivity index (χ4v) is 5.61. The number of likely N-dealkylation sites (N-methyl/N-ethyl adjacent to an activating group) is 1. The van der Waals surface area contributed by atoms with Gasteiger partial charge in [0.15, 0.2) is 0 Å². The van der Waals surface area contributed by atoms with Crippen molar-refractivity contribution in [2.24, 2.45) is 0 Å². The number of piperidine rings is 1. The third kappa shape index (κ3) is 5.34. The highest BCUT2D eigenvalue weighted by Crippen LogP contribution is 2.29. The highest BCUT2D eigenvalue weighted by Gasteiger charge is 2.26. The Balaban J connectivity index is 1.82. The van der Waals surface area contributed by atoms with Gasteiger partial charge in [-0.05, 0) is 50.1 Å². The fraction of sp³-hybridized carbons (Fsp3) is 0.269. The van der Waals surface area contributed by atoms with Gasteiger partial charge in [0.2, 0.25) is 10.0 Å². The molecule has 8 nitrogen and oxygen atoms in total. The van der Waals surface area contributed by atoms with Crippen molar-refractivity contribution in [3.8, 4) is 23.0 Å². The van der Waals surface area contributed by atoms with Crippen LogP contribution in [0.15, 0.2) is 71.3 Å². The van der Waals surface area contributed by atoms with E-state index in [1.807, 2.05) is 36.4 Å². The van der Waals surface area contributed by atoms with Gasteiger partial charge in [0.1, 0.15) is 17.3 Å². The standard InChI is InChI=1S/C26H27N5O3S/c1-2-28-26(32)21(18-27)16-22-19-31(23-11-5-3-6-12-23)29-25(22)20-10-9-13-24(17-20)35(33,34)30-14-7-4-8-15-30/h3,5-6,9-13,16-17,19H,2,4,7-8,14-15H2,1H3,(H,28,32)/b21-16-. The number of sulfonamides is 1. The Kier molecular flexibility index (Phi) is 7.44. The molecular weight excluding hydrogens is 462 g/mol. The summed E-state index contributed by atoms with van der Waals surface area (Å²) in [7, 11) is -3.63. The number of hydrogen-bond donors (Lipinski definition) is 1. The van der Waals surface area contributed by atoms with Gasteiger partial charge >= 0.3 is 0 Å². The molecule has 1 amide bonds. The van der Waals surface area contributed by atoms with Gasteiger partial charge in [0, 0.05) is 37.0 Å². The van der Waals surface area contributed by atoms with Crippen molar-refractivity contribution in [3.05, 3.63) is 71.9 Å². The Morgan fingerprint density at radius 1 is 1.11 bits per heavy atom. The molecule has 1 aliphatic rings. The van der Waals surface area contributed by atoms with E-state index in [2.05, 4.69) is 5.32 Å². The van der Waals surface area contributed by atoms with Gasteiger partial charge in [-0.1, -0.05) is 36.8 Å². The maximum absolute atomic E-state index is 13.3. The molecule has 3 aromatic rings. The zero-order chi connectivity index (χ0) is 24.8. The molecule has 0 atom stereocenters. The van der Waals surface area contributed by atoms with E-state index >= 15 is 0 Å². The summed E-state index contributed by atoms with van der Waals surface area (Å²) >= 11 is 0. The third-order valence-corrected chi connectivity index (χ3v) is 7.72. The van der Waals surface area contributed by atoms with Crippen LogP contribution in [0.2, 0.25) is 0 Å². The van der Waals surface area contributed by atoms with Crippen LogP contribution in [0.1, 0.15) is 31.7 Å². The minimum absolute atomic E-state index is 0.0576. The number of nitrogens with one attached hydrogen (secondary N) is 1. The minimum Gasteiger partial charge on any atom is -0.352 e. The molecule has 0 radical (unpaired) electrons. The first kappa shape index (κ1) is 24.4. The number of benzene rings is 2. The lowest BCUT2D eigenvalue weighted by Gasteiger charge is -2.26. The van der Waals surface area contributed by atoms with Crippen molar-refractivity contribution in [2.45, 2.75) is 31.1 Å². The molecule has 1 aromatic heterocycles. The van der Waals surface area contributed by atoms with E-state index in [-0.39, 0.29) is 10.5 Å². The molecule has 1 fully saturated rings. The van der Waals surface area contributed by atoms with Crippen LogP contribution in [0.5, 0.6) is 0 Å². The van der Waals surface area contributed by atoms with E-state index < -0.39 is 15.9 Å². The molecule has 180 valence electrons. The van der Waals surface area contributed by atoms with E-state index in [0.717, 1.165) is 24.9 Å². The maximum atomic E-state index is 13.3. The number of carbonyl (C=O) groups is 1. The third-order valence-electron chi connectivity index (χ3n) is 5.83. The summed E-state index contributed by atoms with van der Waals surface area (Å²) in [6.07, 6.45) is 5.95. The first-order valence-corrected chi connectivity index (χ1v) is 13.0. The van der Waals surface area contributed by atoms with Gasteiger partial charge in [-0.15, -0.1) is 0 Å². The Bertz CT molecular complexity index is 1380. The highest BCUT2D eigenvalue weighted by atomic mass is 32.2. The Morgan fingerprint density at radius 2 is 1.86 bits per heavy atom. The Hall–Kier alpha value is -3.74. The van der Waals surface area contributed by atoms with Crippen LogP contribution in [0, 0.1) is 11.3 Å². The average Bonchev–Trinajstić information content (AvgIpc) is 3.32. The van der Waals surface area contributed by atoms with Crippen molar-refractivity contribution >= 4 is 22.0 Å². The van der Waals surface area contributed by atoms with Crippen molar-refractivity contribution in [3.63, 3.8) is 0 Å². The fourth-order valence-electron chi connectivity index (χ4n) is 4.05. The number of para-hydroxylation sites is 1. The second kappa shape index (κ2) is 10.7. The summed E-state index contributed by atoms with van der Waals surface area (Å²) in [5.74, 6) is -0.477. The quantitative estimate of drug-likeness (QED) is 0.402. The van der Waals surface area contributed by atoms with Gasteiger partial charge in [0.05, 0.1) is 10.6 Å². The molecule has 1 N–H and O–H groups in total. The van der Waals surface area contributed by atoms with Gasteiger partial charge in [-0.2, -0.15) is 14.7 Å². The molecular formula is C26H27N5O3S. The number of aromatic nitrogens is 2. The molecule has 9 heteroatoms. The maximum Gasteiger partial charge on any atom is 0.261 e. The number of hydrogen-bond acceptors (Lipinski definition) is 5. The molecule has 0 saturated carbocycles. The second-order valence-corrected chi connectivity index (χ2v) is 10.2. The Labute approximate surface area is 205 Å². The SMILES string of the molecule is CCNC(=O)/C(C#N)=C\c1cn(-c2ccccc2)nc1-c1cccc(S(=O)(=O)N2CCCCC2)c1. The second-order valence-electron chi connectivity index (χ2n) is 8.24. The van der Waals surface area contributed by atoms with Crippen LogP contribution < -0.4 is 5.32 Å². The van der Waals surface area contributed by atoms with E-state index in [4.69, 9.17) is 5.10 Å². The van der Waals surface area contributed by atoms with Crippen molar-refractivity contribution in [2.75, 3.05) is 19.6 Å². The largest absolute Gasteiger partial charge is 0.352 e. The monoisotopic (exact) mass is 489 g/mol. The molecule has 35 heavy (non-hydrogen) atoms. The van der Waals surface area contributed by atoms with Crippen molar-refractivity contribution in [1.82, 2.24) is 19.4 Å². The summed E-state index contributed by atoms with van der Waals surface area (Å²) in [6, 6.07) is 18.1. The van der Waals surface area contributed by atoms with Crippen LogP contribution in [0.25, 0.3) is 23.0 Å². The van der Waals surface area contributed by atoms with E-state index in [1.54, 1.807) is 42.1 Å². The molecule has 2 heterocycles.